The summed E-state index contributed by atoms with van der Waals surface area (Å²) >= 11 is 1.59. The van der Waals surface area contributed by atoms with Gasteiger partial charge in [0.15, 0.2) is 10.9 Å². The molecule has 1 atom stereocenters. The third-order valence-corrected chi connectivity index (χ3v) is 4.36. The van der Waals surface area contributed by atoms with Crippen LogP contribution in [0.1, 0.15) is 27.6 Å². The van der Waals surface area contributed by atoms with E-state index in [0.29, 0.717) is 10.7 Å². The Balaban J connectivity index is 1.71. The minimum Gasteiger partial charge on any atom is -0.478 e. The van der Waals surface area contributed by atoms with Crippen LogP contribution in [0, 0.1) is 6.92 Å². The summed E-state index contributed by atoms with van der Waals surface area (Å²) in [6.45, 7) is 2.01. The van der Waals surface area contributed by atoms with Gasteiger partial charge in [0.25, 0.3) is 0 Å². The molecule has 1 fully saturated rings. The molecule has 0 radical (unpaired) electrons. The molecule has 3 heteroatoms. The first-order valence-electron chi connectivity index (χ1n) is 6.89. The van der Waals surface area contributed by atoms with Crippen LogP contribution in [0.5, 0.6) is 0 Å². The van der Waals surface area contributed by atoms with Crippen LogP contribution in [-0.4, -0.2) is 11.5 Å². The second-order valence-corrected chi connectivity index (χ2v) is 6.05. The molecule has 1 aliphatic rings. The molecule has 1 aliphatic heterocycles. The van der Waals surface area contributed by atoms with Gasteiger partial charge in [-0.3, -0.25) is 4.79 Å². The number of rotatable bonds is 3. The van der Waals surface area contributed by atoms with Crippen LogP contribution in [0.2, 0.25) is 0 Å². The summed E-state index contributed by atoms with van der Waals surface area (Å²) < 4.78 is 5.87. The Hall–Kier alpha value is -2.00. The predicted molar refractivity (Wildman–Crippen MR) is 86.3 cm³/mol. The number of thioether (sulfide) groups is 1. The average Bonchev–Trinajstić information content (AvgIpc) is 2.97. The summed E-state index contributed by atoms with van der Waals surface area (Å²) in [6.07, 6.45) is 1.63. The average molecular weight is 296 g/mol. The number of benzene rings is 2. The zero-order chi connectivity index (χ0) is 14.7. The van der Waals surface area contributed by atoms with Gasteiger partial charge in [-0.15, -0.1) is 0 Å². The van der Waals surface area contributed by atoms with E-state index in [4.69, 9.17) is 4.74 Å². The van der Waals surface area contributed by atoms with E-state index in [1.165, 1.54) is 0 Å². The Morgan fingerprint density at radius 2 is 1.86 bits per heavy atom. The van der Waals surface area contributed by atoms with Gasteiger partial charge in [-0.1, -0.05) is 71.9 Å². The van der Waals surface area contributed by atoms with Gasteiger partial charge in [0.2, 0.25) is 0 Å². The summed E-state index contributed by atoms with van der Waals surface area (Å²) in [5.41, 5.74) is 2.99. The summed E-state index contributed by atoms with van der Waals surface area (Å²) in [5.74, 6) is 0.836. The van der Waals surface area contributed by atoms with Crippen LogP contribution in [0.15, 0.2) is 65.8 Å². The lowest BCUT2D eigenvalue weighted by atomic mass is 10.1. The third kappa shape index (κ3) is 3.37. The summed E-state index contributed by atoms with van der Waals surface area (Å²) in [7, 11) is 0. The van der Waals surface area contributed by atoms with Crippen LogP contribution < -0.4 is 0 Å². The molecule has 0 N–H and O–H groups in total. The summed E-state index contributed by atoms with van der Waals surface area (Å²) in [5, 5.41) is 0.703. The maximum Gasteiger partial charge on any atom is 0.190 e. The van der Waals surface area contributed by atoms with Crippen LogP contribution in [0.3, 0.4) is 0 Å². The van der Waals surface area contributed by atoms with Crippen LogP contribution >= 0.6 is 11.8 Å². The number of hydrogen-bond acceptors (Lipinski definition) is 3. The van der Waals surface area contributed by atoms with Gasteiger partial charge in [-0.2, -0.15) is 0 Å². The first kappa shape index (κ1) is 14.0. The van der Waals surface area contributed by atoms with E-state index < -0.39 is 0 Å². The minimum atomic E-state index is -0.00814. The van der Waals surface area contributed by atoms with Crippen molar-refractivity contribution in [2.75, 3.05) is 5.75 Å². The first-order chi connectivity index (χ1) is 10.2. The predicted octanol–water partition coefficient (Wildman–Crippen LogP) is 4.52. The molecule has 0 saturated carbocycles. The van der Waals surface area contributed by atoms with Gasteiger partial charge < -0.3 is 4.74 Å². The van der Waals surface area contributed by atoms with Crippen molar-refractivity contribution >= 4 is 17.5 Å². The largest absolute Gasteiger partial charge is 0.478 e. The quantitative estimate of drug-likeness (QED) is 0.615. The van der Waals surface area contributed by atoms with Crippen molar-refractivity contribution in [3.8, 4) is 0 Å². The van der Waals surface area contributed by atoms with Crippen molar-refractivity contribution in [3.63, 3.8) is 0 Å². The number of ketones is 1. The highest BCUT2D eigenvalue weighted by Gasteiger charge is 2.23. The first-order valence-corrected chi connectivity index (χ1v) is 7.88. The molecule has 106 valence electrons. The second kappa shape index (κ2) is 6.19. The van der Waals surface area contributed by atoms with Crippen molar-refractivity contribution in [2.45, 2.75) is 13.0 Å². The molecule has 0 amide bonds. The van der Waals surface area contributed by atoms with Crippen LogP contribution in [0.25, 0.3) is 0 Å². The monoisotopic (exact) mass is 296 g/mol. The molecule has 0 spiro atoms. The molecule has 1 unspecified atom stereocenters. The third-order valence-electron chi connectivity index (χ3n) is 3.39. The zero-order valence-corrected chi connectivity index (χ0v) is 12.6. The SMILES string of the molecule is Cc1ccc(C(=O)/C=C2/OC(c3ccccc3)CS2)cc1. The van der Waals surface area contributed by atoms with Gasteiger partial charge in [-0.05, 0) is 12.5 Å². The van der Waals surface area contributed by atoms with Crippen LogP contribution in [-0.2, 0) is 4.74 Å². The molecule has 2 nitrogen and oxygen atoms in total. The summed E-state index contributed by atoms with van der Waals surface area (Å²) in [4.78, 5) is 12.2. The van der Waals surface area contributed by atoms with Gasteiger partial charge in [0.1, 0.15) is 6.10 Å². The molecule has 1 saturated heterocycles. The number of hydrogen-bond donors (Lipinski definition) is 0. The molecule has 0 aromatic heterocycles. The van der Waals surface area contributed by atoms with Crippen molar-refractivity contribution in [2.24, 2.45) is 0 Å². The highest BCUT2D eigenvalue weighted by Crippen LogP contribution is 2.38. The van der Waals surface area contributed by atoms with E-state index in [2.05, 4.69) is 12.1 Å². The fourth-order valence-corrected chi connectivity index (χ4v) is 3.13. The molecular formula is C18H16O2S. The van der Waals surface area contributed by atoms with E-state index >= 15 is 0 Å². The van der Waals surface area contributed by atoms with Gasteiger partial charge in [-0.25, -0.2) is 0 Å². The number of aryl methyl sites for hydroxylation is 1. The van der Waals surface area contributed by atoms with E-state index in [-0.39, 0.29) is 11.9 Å². The van der Waals surface area contributed by atoms with Crippen molar-refractivity contribution < 1.29 is 9.53 Å². The molecule has 2 aromatic carbocycles. The Kier molecular flexibility index (Phi) is 4.11. The Labute approximate surface area is 128 Å². The second-order valence-electron chi connectivity index (χ2n) is 5.02. The molecule has 21 heavy (non-hydrogen) atoms. The molecular weight excluding hydrogens is 280 g/mol. The molecule has 3 rings (SSSR count). The Morgan fingerprint density at radius 3 is 2.57 bits per heavy atom. The van der Waals surface area contributed by atoms with Crippen molar-refractivity contribution in [3.05, 3.63) is 82.5 Å². The Morgan fingerprint density at radius 1 is 1.14 bits per heavy atom. The number of ether oxygens (including phenoxy) is 1. The number of allylic oxidation sites excluding steroid dienone is 1. The van der Waals surface area contributed by atoms with E-state index in [1.807, 2.05) is 49.4 Å². The number of carbonyl (C=O) groups is 1. The van der Waals surface area contributed by atoms with E-state index in [9.17, 15) is 4.79 Å². The van der Waals surface area contributed by atoms with Crippen molar-refractivity contribution in [1.29, 1.82) is 0 Å². The standard InChI is InChI=1S/C18H16O2S/c1-13-7-9-14(10-8-13)16(19)11-18-20-17(12-21-18)15-5-3-2-4-6-15/h2-11,17H,12H2,1H3/b18-11-. The fourth-order valence-electron chi connectivity index (χ4n) is 2.18. The van der Waals surface area contributed by atoms with Gasteiger partial charge in [0.05, 0.1) is 0 Å². The van der Waals surface area contributed by atoms with E-state index in [0.717, 1.165) is 16.9 Å². The minimum absolute atomic E-state index is 0.00814. The zero-order valence-electron chi connectivity index (χ0n) is 11.8. The molecule has 0 bridgehead atoms. The normalized spacial score (nSPS) is 19.5. The molecule has 1 heterocycles. The lowest BCUT2D eigenvalue weighted by Gasteiger charge is -2.09. The maximum atomic E-state index is 12.2. The Bertz CT molecular complexity index is 659. The van der Waals surface area contributed by atoms with E-state index in [1.54, 1.807) is 17.8 Å². The van der Waals surface area contributed by atoms with Gasteiger partial charge >= 0.3 is 0 Å². The number of carbonyl (C=O) groups excluding carboxylic acids is 1. The lowest BCUT2D eigenvalue weighted by Crippen LogP contribution is -1.99. The van der Waals surface area contributed by atoms with Gasteiger partial charge in [0, 0.05) is 17.4 Å². The lowest BCUT2D eigenvalue weighted by molar-refractivity contribution is 0.103. The summed E-state index contributed by atoms with van der Waals surface area (Å²) in [6, 6.07) is 17.7. The molecule has 2 aromatic rings. The fraction of sp³-hybridized carbons (Fsp3) is 0.167. The smallest absolute Gasteiger partial charge is 0.190 e. The van der Waals surface area contributed by atoms with Crippen LogP contribution in [0.4, 0.5) is 0 Å². The maximum absolute atomic E-state index is 12.2. The van der Waals surface area contributed by atoms with Crippen molar-refractivity contribution in [1.82, 2.24) is 0 Å². The molecule has 0 aliphatic carbocycles. The topological polar surface area (TPSA) is 26.3 Å². The highest BCUT2D eigenvalue weighted by atomic mass is 32.2. The highest BCUT2D eigenvalue weighted by molar-refractivity contribution is 8.03.